The highest BCUT2D eigenvalue weighted by Crippen LogP contribution is 2.27. The highest BCUT2D eigenvalue weighted by atomic mass is 32.1. The number of halogens is 1. The molecule has 0 bridgehead atoms. The number of alkyl carbamates (subject to hydrolysis) is 1. The summed E-state index contributed by atoms with van der Waals surface area (Å²) < 4.78 is 19.6. The second kappa shape index (κ2) is 10.9. The summed E-state index contributed by atoms with van der Waals surface area (Å²) >= 11 is 1.39. The molecule has 2 amide bonds. The Hall–Kier alpha value is -4.12. The molecule has 3 aromatic heterocycles. The lowest BCUT2D eigenvalue weighted by Gasteiger charge is -2.18. The molecule has 0 saturated carbocycles. The summed E-state index contributed by atoms with van der Waals surface area (Å²) in [6.45, 7) is 2.85. The van der Waals surface area contributed by atoms with E-state index in [1.54, 1.807) is 11.1 Å². The zero-order valence-corrected chi connectivity index (χ0v) is 20.9. The molecule has 1 fully saturated rings. The van der Waals surface area contributed by atoms with Crippen molar-refractivity contribution in [2.24, 2.45) is 0 Å². The maximum atomic E-state index is 13.6. The van der Waals surface area contributed by atoms with Gasteiger partial charge in [0.25, 0.3) is 5.91 Å². The van der Waals surface area contributed by atoms with Crippen LogP contribution in [-0.2, 0) is 11.3 Å². The van der Waals surface area contributed by atoms with Gasteiger partial charge in [-0.15, -0.1) is 11.3 Å². The number of aromatic nitrogens is 3. The van der Waals surface area contributed by atoms with Crippen LogP contribution in [-0.4, -0.2) is 51.0 Å². The molecule has 0 aliphatic carbocycles. The van der Waals surface area contributed by atoms with Crippen molar-refractivity contribution < 1.29 is 18.7 Å². The van der Waals surface area contributed by atoms with Crippen LogP contribution >= 0.6 is 11.3 Å². The monoisotopic (exact) mass is 520 g/mol. The molecule has 1 aromatic carbocycles. The van der Waals surface area contributed by atoms with E-state index in [-0.39, 0.29) is 30.5 Å². The molecule has 4 aromatic rings. The molecular weight excluding hydrogens is 495 g/mol. The number of nitrogens with one attached hydrogen (secondary N) is 2. The first-order valence-corrected chi connectivity index (χ1v) is 12.7. The van der Waals surface area contributed by atoms with Crippen LogP contribution in [0.15, 0.2) is 60.2 Å². The second-order valence-electron chi connectivity index (χ2n) is 8.78. The smallest absolute Gasteiger partial charge is 0.407 e. The number of hydrogen-bond acceptors (Lipinski definition) is 8. The topological polar surface area (TPSA) is 109 Å². The molecule has 1 unspecified atom stereocenters. The molecule has 11 heteroatoms. The zero-order chi connectivity index (χ0) is 25.8. The van der Waals surface area contributed by atoms with Crippen molar-refractivity contribution >= 4 is 39.5 Å². The number of anilines is 1. The fourth-order valence-corrected chi connectivity index (χ4v) is 4.97. The van der Waals surface area contributed by atoms with Crippen molar-refractivity contribution in [2.75, 3.05) is 18.4 Å². The molecule has 190 valence electrons. The van der Waals surface area contributed by atoms with E-state index in [0.717, 1.165) is 11.8 Å². The van der Waals surface area contributed by atoms with Gasteiger partial charge in [-0.3, -0.25) is 9.78 Å². The van der Waals surface area contributed by atoms with Crippen LogP contribution < -0.4 is 10.6 Å². The summed E-state index contributed by atoms with van der Waals surface area (Å²) in [7, 11) is 0. The fraction of sp³-hybridized carbons (Fsp3) is 0.269. The van der Waals surface area contributed by atoms with E-state index in [1.165, 1.54) is 17.4 Å². The predicted molar refractivity (Wildman–Crippen MR) is 138 cm³/mol. The molecule has 5 rings (SSSR count). The first-order valence-electron chi connectivity index (χ1n) is 11.8. The number of likely N-dealkylation sites (tertiary alicyclic amines) is 1. The normalized spacial score (nSPS) is 15.9. The minimum absolute atomic E-state index is 0.180. The van der Waals surface area contributed by atoms with Crippen LogP contribution in [0.4, 0.5) is 15.1 Å². The minimum atomic E-state index is -0.516. The fourth-order valence-electron chi connectivity index (χ4n) is 4.16. The third-order valence-corrected chi connectivity index (χ3v) is 7.00. The Morgan fingerprint density at radius 3 is 2.86 bits per heavy atom. The number of hydrogen-bond donors (Lipinski definition) is 2. The van der Waals surface area contributed by atoms with Gasteiger partial charge in [0, 0.05) is 19.3 Å². The van der Waals surface area contributed by atoms with Crippen LogP contribution in [0.1, 0.15) is 41.0 Å². The van der Waals surface area contributed by atoms with Crippen LogP contribution in [0.2, 0.25) is 0 Å². The second-order valence-corrected chi connectivity index (χ2v) is 9.69. The number of ether oxygens (including phenoxy) is 1. The maximum absolute atomic E-state index is 13.6. The average Bonchev–Trinajstić information content (AvgIpc) is 3.57. The number of fused-ring (bicyclic) bond motifs is 1. The van der Waals surface area contributed by atoms with E-state index in [0.29, 0.717) is 41.0 Å². The van der Waals surface area contributed by atoms with Gasteiger partial charge in [0.15, 0.2) is 5.69 Å². The Morgan fingerprint density at radius 2 is 2.05 bits per heavy atom. The number of benzene rings is 1. The molecule has 1 saturated heterocycles. The largest absolute Gasteiger partial charge is 0.445 e. The number of carbonyl (C=O) groups is 2. The molecule has 37 heavy (non-hydrogen) atoms. The summed E-state index contributed by atoms with van der Waals surface area (Å²) in [5.74, 6) is -0.401. The molecule has 2 atom stereocenters. The minimum Gasteiger partial charge on any atom is -0.445 e. The predicted octanol–water partition coefficient (Wildman–Crippen LogP) is 4.54. The zero-order valence-electron chi connectivity index (χ0n) is 20.1. The summed E-state index contributed by atoms with van der Waals surface area (Å²) in [5.41, 5.74) is 2.47. The third-order valence-electron chi connectivity index (χ3n) is 6.09. The van der Waals surface area contributed by atoms with Gasteiger partial charge in [-0.25, -0.2) is 19.2 Å². The van der Waals surface area contributed by atoms with Gasteiger partial charge >= 0.3 is 6.09 Å². The summed E-state index contributed by atoms with van der Waals surface area (Å²) in [5, 5.41) is 7.85. The highest BCUT2D eigenvalue weighted by molar-refractivity contribution is 7.17. The Morgan fingerprint density at radius 1 is 1.22 bits per heavy atom. The number of rotatable bonds is 7. The summed E-state index contributed by atoms with van der Waals surface area (Å²) in [6, 6.07) is 12.1. The Bertz CT molecular complexity index is 1420. The van der Waals surface area contributed by atoms with Gasteiger partial charge in [-0.2, -0.15) is 0 Å². The molecule has 1 aliphatic heterocycles. The van der Waals surface area contributed by atoms with Crippen LogP contribution in [0.3, 0.4) is 0 Å². The lowest BCUT2D eigenvalue weighted by atomic mass is 10.1. The van der Waals surface area contributed by atoms with E-state index >= 15 is 0 Å². The van der Waals surface area contributed by atoms with Gasteiger partial charge < -0.3 is 20.3 Å². The number of carbonyl (C=O) groups excluding carboxylic acids is 2. The Labute approximate surface area is 216 Å². The lowest BCUT2D eigenvalue weighted by molar-refractivity contribution is 0.0783. The van der Waals surface area contributed by atoms with Crippen LogP contribution in [0.5, 0.6) is 0 Å². The quantitative estimate of drug-likeness (QED) is 0.368. The van der Waals surface area contributed by atoms with Crippen molar-refractivity contribution in [1.29, 1.82) is 0 Å². The van der Waals surface area contributed by atoms with Gasteiger partial charge in [0.2, 0.25) is 5.95 Å². The molecular formula is C26H25FN6O3S. The summed E-state index contributed by atoms with van der Waals surface area (Å²) in [6.07, 6.45) is 2.80. The van der Waals surface area contributed by atoms with Crippen LogP contribution in [0, 0.1) is 5.82 Å². The average molecular weight is 521 g/mol. The summed E-state index contributed by atoms with van der Waals surface area (Å²) in [4.78, 5) is 40.3. The first kappa shape index (κ1) is 24.6. The standard InChI is InChI=1S/C26H25FN6O3S/c1-16(18-11-19(27)13-28-12-18)29-25-31-21-8-10-37-23(21)22(32-25)24(34)33-9-7-20(14-33)30-26(35)36-15-17-5-3-2-4-6-17/h2-6,8,10-13,16,20H,7,9,14-15H2,1H3,(H,30,35)(H,29,31,32)/t16-,20?/m0/s1. The number of thiophene rings is 1. The van der Waals surface area contributed by atoms with E-state index in [2.05, 4.69) is 25.6 Å². The van der Waals surface area contributed by atoms with Crippen molar-refractivity contribution in [3.63, 3.8) is 0 Å². The van der Waals surface area contributed by atoms with Crippen molar-refractivity contribution in [3.05, 3.63) is 82.9 Å². The Balaban J connectivity index is 1.24. The SMILES string of the molecule is C[C@H](Nc1nc(C(=O)N2CCC(NC(=O)OCc3ccccc3)C2)c2sccc2n1)c1cncc(F)c1. The molecule has 4 heterocycles. The molecule has 1 aliphatic rings. The van der Waals surface area contributed by atoms with Crippen molar-refractivity contribution in [3.8, 4) is 0 Å². The van der Waals surface area contributed by atoms with E-state index in [4.69, 9.17) is 4.74 Å². The van der Waals surface area contributed by atoms with E-state index < -0.39 is 11.9 Å². The number of pyridine rings is 1. The van der Waals surface area contributed by atoms with Crippen molar-refractivity contribution in [2.45, 2.75) is 32.0 Å². The Kier molecular flexibility index (Phi) is 7.22. The van der Waals surface area contributed by atoms with Crippen LogP contribution in [0.25, 0.3) is 10.2 Å². The van der Waals surface area contributed by atoms with Crippen molar-refractivity contribution in [1.82, 2.24) is 25.2 Å². The maximum Gasteiger partial charge on any atom is 0.407 e. The number of nitrogens with zero attached hydrogens (tertiary/aromatic N) is 4. The first-order chi connectivity index (χ1) is 18.0. The van der Waals surface area contributed by atoms with E-state index in [9.17, 15) is 14.0 Å². The third kappa shape index (κ3) is 5.83. The highest BCUT2D eigenvalue weighted by Gasteiger charge is 2.30. The van der Waals surface area contributed by atoms with Gasteiger partial charge in [0.1, 0.15) is 12.4 Å². The molecule has 0 radical (unpaired) electrons. The molecule has 0 spiro atoms. The van der Waals surface area contributed by atoms with E-state index in [1.807, 2.05) is 48.7 Å². The van der Waals surface area contributed by atoms with Gasteiger partial charge in [0.05, 0.1) is 28.5 Å². The van der Waals surface area contributed by atoms with Gasteiger partial charge in [-0.1, -0.05) is 30.3 Å². The lowest BCUT2D eigenvalue weighted by Crippen LogP contribution is -2.39. The molecule has 2 N–H and O–H groups in total. The number of amides is 2. The molecule has 9 nitrogen and oxygen atoms in total. The van der Waals surface area contributed by atoms with Gasteiger partial charge in [-0.05, 0) is 42.0 Å².